The molecule has 2 rings (SSSR count). The lowest BCUT2D eigenvalue weighted by Crippen LogP contribution is -1.85. The number of hydrogen-bond acceptors (Lipinski definition) is 3. The van der Waals surface area contributed by atoms with Gasteiger partial charge in [-0.2, -0.15) is 0 Å². The second-order valence-corrected chi connectivity index (χ2v) is 5.36. The maximum absolute atomic E-state index is 5.34. The average molecular weight is 289 g/mol. The summed E-state index contributed by atoms with van der Waals surface area (Å²) >= 11 is 9.46. The van der Waals surface area contributed by atoms with Crippen molar-refractivity contribution in [3.8, 4) is 5.75 Å². The molecule has 0 bridgehead atoms. The third kappa shape index (κ3) is 1.78. The molecule has 0 aliphatic heterocycles. The molecule has 1 nitrogen and oxygen atoms in total. The minimum Gasteiger partial charge on any atom is -0.496 e. The van der Waals surface area contributed by atoms with Gasteiger partial charge in [-0.3, -0.25) is 0 Å². The van der Waals surface area contributed by atoms with Crippen molar-refractivity contribution in [1.82, 2.24) is 0 Å². The predicted octanol–water partition coefficient (Wildman–Crippen LogP) is 4.09. The first-order chi connectivity index (χ1) is 6.74. The number of fused-ring (bicyclic) bond motifs is 1. The molecule has 0 aliphatic rings. The number of hydrogen-bond donors (Lipinski definition) is 1. The number of ether oxygens (including phenoxy) is 1. The number of methoxy groups -OCH3 is 1. The minimum atomic E-state index is 0.846. The zero-order valence-corrected chi connectivity index (χ0v) is 10.9. The Morgan fingerprint density at radius 1 is 1.43 bits per heavy atom. The molecule has 1 aromatic carbocycles. The summed E-state index contributed by atoms with van der Waals surface area (Å²) < 4.78 is 7.58. The van der Waals surface area contributed by atoms with Gasteiger partial charge in [-0.05, 0) is 23.8 Å². The maximum Gasteiger partial charge on any atom is 0.127 e. The molecule has 0 unspecified atom stereocenters. The summed E-state index contributed by atoms with van der Waals surface area (Å²) in [6.07, 6.45) is 0. The lowest BCUT2D eigenvalue weighted by molar-refractivity contribution is 0.419. The molecule has 0 aliphatic carbocycles. The largest absolute Gasteiger partial charge is 0.496 e. The van der Waals surface area contributed by atoms with E-state index in [0.717, 1.165) is 20.7 Å². The predicted molar refractivity (Wildman–Crippen MR) is 68.3 cm³/mol. The van der Waals surface area contributed by atoms with Crippen LogP contribution in [0.3, 0.4) is 0 Å². The van der Waals surface area contributed by atoms with E-state index in [4.69, 9.17) is 4.74 Å². The number of benzene rings is 1. The van der Waals surface area contributed by atoms with Crippen LogP contribution in [0.2, 0.25) is 0 Å². The molecule has 0 saturated carbocycles. The molecule has 1 heterocycles. The van der Waals surface area contributed by atoms with Crippen LogP contribution in [0.5, 0.6) is 5.75 Å². The summed E-state index contributed by atoms with van der Waals surface area (Å²) in [5.41, 5.74) is 1.23. The van der Waals surface area contributed by atoms with Crippen LogP contribution in [0.15, 0.2) is 22.4 Å². The van der Waals surface area contributed by atoms with E-state index < -0.39 is 0 Å². The molecule has 4 heteroatoms. The molecule has 74 valence electrons. The number of alkyl halides is 1. The Labute approximate surface area is 101 Å². The highest BCUT2D eigenvalue weighted by atomic mass is 79.9. The Bertz CT molecular complexity index is 464. The van der Waals surface area contributed by atoms with Gasteiger partial charge in [0.05, 0.1) is 11.3 Å². The van der Waals surface area contributed by atoms with Crippen molar-refractivity contribution in [3.05, 3.63) is 23.8 Å². The van der Waals surface area contributed by atoms with Crippen molar-refractivity contribution in [3.63, 3.8) is 0 Å². The van der Waals surface area contributed by atoms with Gasteiger partial charge in [-0.15, -0.1) is 24.0 Å². The molecule has 0 saturated heterocycles. The van der Waals surface area contributed by atoms with Crippen LogP contribution < -0.4 is 4.74 Å². The van der Waals surface area contributed by atoms with Crippen LogP contribution in [0.1, 0.15) is 5.56 Å². The first-order valence-corrected chi connectivity index (χ1v) is 6.48. The van der Waals surface area contributed by atoms with E-state index in [1.165, 1.54) is 10.3 Å². The standard InChI is InChI=1S/C10H9BrOS2/c1-12-8-2-6(5-11)3-9-7(8)4-10(13)14-9/h2-4,13H,5H2,1H3. The highest BCUT2D eigenvalue weighted by Gasteiger charge is 2.07. The SMILES string of the molecule is COc1cc(CBr)cc2sc(S)cc12. The van der Waals surface area contributed by atoms with E-state index in [1.807, 2.05) is 6.07 Å². The van der Waals surface area contributed by atoms with Gasteiger partial charge >= 0.3 is 0 Å². The number of rotatable bonds is 2. The summed E-state index contributed by atoms with van der Waals surface area (Å²) in [7, 11) is 1.70. The summed E-state index contributed by atoms with van der Waals surface area (Å²) in [4.78, 5) is 0. The molecule has 1 aromatic heterocycles. The van der Waals surface area contributed by atoms with Crippen LogP contribution in [0, 0.1) is 0 Å². The molecule has 14 heavy (non-hydrogen) atoms. The maximum atomic E-state index is 5.34. The fraction of sp³-hybridized carbons (Fsp3) is 0.200. The molecule has 0 fully saturated rings. The Balaban J connectivity index is 2.72. The van der Waals surface area contributed by atoms with Gasteiger partial charge in [-0.1, -0.05) is 15.9 Å². The summed E-state index contributed by atoms with van der Waals surface area (Å²) in [6.45, 7) is 0. The molecular formula is C10H9BrOS2. The first-order valence-electron chi connectivity index (χ1n) is 4.10. The van der Waals surface area contributed by atoms with Gasteiger partial charge in [-0.25, -0.2) is 0 Å². The van der Waals surface area contributed by atoms with Gasteiger partial charge < -0.3 is 4.74 Å². The molecule has 0 radical (unpaired) electrons. The van der Waals surface area contributed by atoms with Crippen LogP contribution in [0.4, 0.5) is 0 Å². The Morgan fingerprint density at radius 2 is 2.21 bits per heavy atom. The van der Waals surface area contributed by atoms with Crippen molar-refractivity contribution in [2.24, 2.45) is 0 Å². The Hall–Kier alpha value is -0.190. The summed E-state index contributed by atoms with van der Waals surface area (Å²) in [5, 5.41) is 1.99. The van der Waals surface area contributed by atoms with Crippen molar-refractivity contribution in [2.45, 2.75) is 9.54 Å². The average Bonchev–Trinajstić information content (AvgIpc) is 2.56. The lowest BCUT2D eigenvalue weighted by Gasteiger charge is -2.03. The van der Waals surface area contributed by atoms with Gasteiger partial charge in [0.2, 0.25) is 0 Å². The van der Waals surface area contributed by atoms with Crippen molar-refractivity contribution in [1.29, 1.82) is 0 Å². The van der Waals surface area contributed by atoms with Crippen LogP contribution in [-0.2, 0) is 5.33 Å². The molecule has 0 atom stereocenters. The molecule has 0 N–H and O–H groups in total. The quantitative estimate of drug-likeness (QED) is 0.647. The van der Waals surface area contributed by atoms with E-state index in [0.29, 0.717) is 0 Å². The van der Waals surface area contributed by atoms with Crippen LogP contribution in [0.25, 0.3) is 10.1 Å². The summed E-state index contributed by atoms with van der Waals surface area (Å²) in [5.74, 6) is 0.925. The second kappa shape index (κ2) is 4.13. The zero-order chi connectivity index (χ0) is 10.1. The van der Waals surface area contributed by atoms with Gasteiger partial charge in [0.1, 0.15) is 5.75 Å². The Kier molecular flexibility index (Phi) is 3.04. The van der Waals surface area contributed by atoms with Crippen molar-refractivity contribution in [2.75, 3.05) is 7.11 Å². The minimum absolute atomic E-state index is 0.846. The van der Waals surface area contributed by atoms with E-state index in [-0.39, 0.29) is 0 Å². The van der Waals surface area contributed by atoms with Gasteiger partial charge in [0, 0.05) is 15.4 Å². The number of thiol groups is 1. The third-order valence-corrected chi connectivity index (χ3v) is 3.96. The topological polar surface area (TPSA) is 9.23 Å². The van der Waals surface area contributed by atoms with Gasteiger partial charge in [0.25, 0.3) is 0 Å². The molecule has 2 aromatic rings. The first kappa shape index (κ1) is 10.3. The van der Waals surface area contributed by atoms with Gasteiger partial charge in [0.15, 0.2) is 0 Å². The summed E-state index contributed by atoms with van der Waals surface area (Å²) in [6, 6.07) is 6.26. The van der Waals surface area contributed by atoms with E-state index in [1.54, 1.807) is 18.4 Å². The molecule has 0 amide bonds. The fourth-order valence-corrected chi connectivity index (χ4v) is 3.02. The Morgan fingerprint density at radius 3 is 2.86 bits per heavy atom. The lowest BCUT2D eigenvalue weighted by atomic mass is 10.2. The smallest absolute Gasteiger partial charge is 0.127 e. The van der Waals surface area contributed by atoms with E-state index in [2.05, 4.69) is 40.7 Å². The highest BCUT2D eigenvalue weighted by Crippen LogP contribution is 2.36. The zero-order valence-electron chi connectivity index (χ0n) is 7.58. The van der Waals surface area contributed by atoms with Crippen LogP contribution in [-0.4, -0.2) is 7.11 Å². The molecule has 0 spiro atoms. The van der Waals surface area contributed by atoms with Crippen molar-refractivity contribution < 1.29 is 4.74 Å². The third-order valence-electron chi connectivity index (χ3n) is 2.02. The van der Waals surface area contributed by atoms with Crippen LogP contribution >= 0.6 is 39.9 Å². The highest BCUT2D eigenvalue weighted by molar-refractivity contribution is 9.08. The number of thiophene rings is 1. The van der Waals surface area contributed by atoms with Crippen molar-refractivity contribution >= 4 is 50.0 Å². The normalized spacial score (nSPS) is 10.8. The van der Waals surface area contributed by atoms with E-state index in [9.17, 15) is 0 Å². The van der Waals surface area contributed by atoms with E-state index >= 15 is 0 Å². The monoisotopic (exact) mass is 288 g/mol. The number of halogens is 1. The second-order valence-electron chi connectivity index (χ2n) is 2.93. The fourth-order valence-electron chi connectivity index (χ4n) is 1.39. The molecular weight excluding hydrogens is 280 g/mol.